The van der Waals surface area contributed by atoms with Crippen molar-refractivity contribution in [3.63, 3.8) is 0 Å². The summed E-state index contributed by atoms with van der Waals surface area (Å²) in [6, 6.07) is 8.97. The molecule has 1 saturated heterocycles. The fourth-order valence-electron chi connectivity index (χ4n) is 5.07. The summed E-state index contributed by atoms with van der Waals surface area (Å²) in [7, 11) is 1.80. The van der Waals surface area contributed by atoms with E-state index >= 15 is 0 Å². The van der Waals surface area contributed by atoms with Gasteiger partial charge in [0.2, 0.25) is 0 Å². The number of aliphatic hydroxyl groups is 1. The largest absolute Gasteiger partial charge is 0.392 e. The van der Waals surface area contributed by atoms with E-state index in [1.54, 1.807) is 7.11 Å². The Morgan fingerprint density at radius 2 is 2.27 bits per heavy atom. The number of fused-ring (bicyclic) bond motifs is 2. The molecule has 2 fully saturated rings. The summed E-state index contributed by atoms with van der Waals surface area (Å²) in [5, 5.41) is 10.6. The first-order valence-electron chi connectivity index (χ1n) is 9.57. The van der Waals surface area contributed by atoms with Crippen LogP contribution in [0.4, 0.5) is 0 Å². The molecule has 2 heterocycles. The van der Waals surface area contributed by atoms with E-state index in [2.05, 4.69) is 35.5 Å². The molecule has 0 radical (unpaired) electrons. The van der Waals surface area contributed by atoms with Crippen molar-refractivity contribution in [1.29, 1.82) is 0 Å². The van der Waals surface area contributed by atoms with Crippen LogP contribution in [0.3, 0.4) is 0 Å². The smallest absolute Gasteiger partial charge is 0.0980 e. The van der Waals surface area contributed by atoms with E-state index in [1.165, 1.54) is 12.8 Å². The Hall–Kier alpha value is -1.75. The molecule has 26 heavy (non-hydrogen) atoms. The molecule has 2 unspecified atom stereocenters. The van der Waals surface area contributed by atoms with Gasteiger partial charge in [-0.15, -0.1) is 6.58 Å². The highest BCUT2D eigenvalue weighted by Gasteiger charge is 2.49. The topological polar surface area (TPSA) is 45.6 Å². The molecular weight excluding hydrogens is 324 g/mol. The molecule has 0 amide bonds. The zero-order valence-corrected chi connectivity index (χ0v) is 15.6. The zero-order chi connectivity index (χ0) is 18.3. The first-order chi connectivity index (χ1) is 12.7. The maximum Gasteiger partial charge on any atom is 0.0980 e. The quantitative estimate of drug-likeness (QED) is 0.805. The van der Waals surface area contributed by atoms with Crippen LogP contribution in [0.5, 0.6) is 0 Å². The van der Waals surface area contributed by atoms with Crippen molar-refractivity contribution < 1.29 is 9.84 Å². The molecule has 1 N–H and O–H groups in total. The summed E-state index contributed by atoms with van der Waals surface area (Å²) < 4.78 is 6.00. The number of allylic oxidation sites excluding steroid dienone is 1. The summed E-state index contributed by atoms with van der Waals surface area (Å²) in [6.45, 7) is 7.44. The maximum absolute atomic E-state index is 9.52. The van der Waals surface area contributed by atoms with Crippen LogP contribution in [0.25, 0.3) is 10.9 Å². The molecule has 0 bridgehead atoms. The first kappa shape index (κ1) is 17.7. The summed E-state index contributed by atoms with van der Waals surface area (Å²) in [4.78, 5) is 7.11. The summed E-state index contributed by atoms with van der Waals surface area (Å²) in [6.07, 6.45) is 6.46. The summed E-state index contributed by atoms with van der Waals surface area (Å²) in [5.74, 6) is 1.45. The molecule has 1 aliphatic carbocycles. The van der Waals surface area contributed by atoms with Crippen molar-refractivity contribution >= 4 is 10.9 Å². The minimum Gasteiger partial charge on any atom is -0.392 e. The number of hydrogen-bond donors (Lipinski definition) is 1. The average Bonchev–Trinajstić information content (AvgIpc) is 2.99. The van der Waals surface area contributed by atoms with Crippen molar-refractivity contribution in [3.05, 3.63) is 54.2 Å². The third kappa shape index (κ3) is 2.77. The Kier molecular flexibility index (Phi) is 4.82. The average molecular weight is 352 g/mol. The number of rotatable bonds is 6. The van der Waals surface area contributed by atoms with E-state index in [9.17, 15) is 5.11 Å². The molecular formula is C22H28N2O2. The number of aliphatic hydroxyl groups excluding tert-OH is 1. The fraction of sp³-hybridized carbons (Fsp3) is 0.500. The highest BCUT2D eigenvalue weighted by atomic mass is 16.5. The third-order valence-corrected chi connectivity index (χ3v) is 6.55. The lowest BCUT2D eigenvalue weighted by Gasteiger charge is -2.45. The number of benzene rings is 1. The molecule has 1 saturated carbocycles. The van der Waals surface area contributed by atoms with Crippen LogP contribution in [0.2, 0.25) is 0 Å². The van der Waals surface area contributed by atoms with E-state index in [1.807, 2.05) is 24.4 Å². The summed E-state index contributed by atoms with van der Waals surface area (Å²) >= 11 is 0. The number of hydrogen-bond acceptors (Lipinski definition) is 4. The highest BCUT2D eigenvalue weighted by Crippen LogP contribution is 2.48. The van der Waals surface area contributed by atoms with Gasteiger partial charge in [-0.05, 0) is 67.5 Å². The second-order valence-electron chi connectivity index (χ2n) is 7.70. The summed E-state index contributed by atoms with van der Waals surface area (Å²) in [5.41, 5.74) is 3.01. The van der Waals surface area contributed by atoms with Crippen molar-refractivity contribution in [2.45, 2.75) is 44.6 Å². The Bertz CT molecular complexity index is 806. The number of methoxy groups -OCH3 is 1. The molecule has 5 atom stereocenters. The molecule has 4 heteroatoms. The van der Waals surface area contributed by atoms with E-state index in [0.717, 1.165) is 34.5 Å². The van der Waals surface area contributed by atoms with Crippen molar-refractivity contribution in [1.82, 2.24) is 9.88 Å². The number of ether oxygens (including phenoxy) is 1. The minimum atomic E-state index is -0.0176. The molecule has 4 rings (SSSR count). The second-order valence-corrected chi connectivity index (χ2v) is 7.70. The molecule has 4 nitrogen and oxygen atoms in total. The van der Waals surface area contributed by atoms with Crippen LogP contribution in [0, 0.1) is 11.8 Å². The van der Waals surface area contributed by atoms with Gasteiger partial charge in [0.05, 0.1) is 18.2 Å². The SMILES string of the molecule is C=C[C@H]1CC2[C@H]1CCN2C(C)[C@H](OC)c1ccnc2ccc(CO)cc12. The van der Waals surface area contributed by atoms with Crippen LogP contribution in [-0.2, 0) is 11.3 Å². The monoisotopic (exact) mass is 352 g/mol. The molecule has 2 aromatic rings. The zero-order valence-electron chi connectivity index (χ0n) is 15.6. The van der Waals surface area contributed by atoms with Crippen LogP contribution >= 0.6 is 0 Å². The number of nitrogens with zero attached hydrogens (tertiary/aromatic N) is 2. The molecule has 1 aromatic heterocycles. The number of likely N-dealkylation sites (tertiary alicyclic amines) is 1. The Balaban J connectivity index is 1.65. The van der Waals surface area contributed by atoms with Crippen LogP contribution in [-0.4, -0.2) is 40.7 Å². The predicted octanol–water partition coefficient (Wildman–Crippen LogP) is 3.70. The van der Waals surface area contributed by atoms with Gasteiger partial charge < -0.3 is 9.84 Å². The van der Waals surface area contributed by atoms with Crippen molar-refractivity contribution in [2.24, 2.45) is 11.8 Å². The first-order valence-corrected chi connectivity index (χ1v) is 9.57. The van der Waals surface area contributed by atoms with Gasteiger partial charge in [-0.1, -0.05) is 12.1 Å². The van der Waals surface area contributed by atoms with Gasteiger partial charge in [-0.2, -0.15) is 0 Å². The number of pyridine rings is 1. The molecule has 0 spiro atoms. The van der Waals surface area contributed by atoms with Gasteiger partial charge in [0.1, 0.15) is 0 Å². The second kappa shape index (κ2) is 7.10. The standard InChI is InChI=1S/C22H28N2O2/c1-4-16-12-21-17(16)8-10-24(21)14(2)22(26-3)18-7-9-23-20-6-5-15(13-25)11-19(18)20/h4-7,9,11,14,16-17,21-22,25H,1,8,10,12-13H2,2-3H3/t14?,16-,17-,21?,22-/m0/s1. The van der Waals surface area contributed by atoms with Crippen molar-refractivity contribution in [2.75, 3.05) is 13.7 Å². The van der Waals surface area contributed by atoms with Crippen molar-refractivity contribution in [3.8, 4) is 0 Å². The lowest BCUT2D eigenvalue weighted by atomic mass is 9.69. The normalized spacial score (nSPS) is 27.7. The lowest BCUT2D eigenvalue weighted by Crippen LogP contribution is -2.50. The van der Waals surface area contributed by atoms with E-state index in [0.29, 0.717) is 18.0 Å². The van der Waals surface area contributed by atoms with Crippen LogP contribution < -0.4 is 0 Å². The van der Waals surface area contributed by atoms with Crippen LogP contribution in [0.15, 0.2) is 43.1 Å². The molecule has 1 aromatic carbocycles. The Morgan fingerprint density at radius 3 is 3.00 bits per heavy atom. The van der Waals surface area contributed by atoms with E-state index in [-0.39, 0.29) is 12.7 Å². The molecule has 2 aliphatic rings. The van der Waals surface area contributed by atoms with E-state index in [4.69, 9.17) is 4.74 Å². The van der Waals surface area contributed by atoms with Gasteiger partial charge in [0.15, 0.2) is 0 Å². The Morgan fingerprint density at radius 1 is 1.42 bits per heavy atom. The van der Waals surface area contributed by atoms with Crippen LogP contribution in [0.1, 0.15) is 37.0 Å². The Labute approximate surface area is 155 Å². The van der Waals surface area contributed by atoms with Gasteiger partial charge in [0, 0.05) is 30.8 Å². The molecule has 1 aliphatic heterocycles. The fourth-order valence-corrected chi connectivity index (χ4v) is 5.07. The maximum atomic E-state index is 9.52. The van der Waals surface area contributed by atoms with Gasteiger partial charge >= 0.3 is 0 Å². The number of aromatic nitrogens is 1. The third-order valence-electron chi connectivity index (χ3n) is 6.55. The lowest BCUT2D eigenvalue weighted by molar-refractivity contribution is -0.0115. The van der Waals surface area contributed by atoms with E-state index < -0.39 is 0 Å². The molecule has 138 valence electrons. The predicted molar refractivity (Wildman–Crippen MR) is 104 cm³/mol. The van der Waals surface area contributed by atoms with Gasteiger partial charge in [-0.3, -0.25) is 9.88 Å². The van der Waals surface area contributed by atoms with Gasteiger partial charge in [-0.25, -0.2) is 0 Å². The highest BCUT2D eigenvalue weighted by molar-refractivity contribution is 5.83. The van der Waals surface area contributed by atoms with Gasteiger partial charge in [0.25, 0.3) is 0 Å². The minimum absolute atomic E-state index is 0.0176.